The SMILES string of the molecule is CCNc1c(F)cccc1C(=O)Nc1ccc(Br)c(F)c1. The number of para-hydroxylation sites is 1. The van der Waals surface area contributed by atoms with Crippen LogP contribution in [0, 0.1) is 11.6 Å². The normalized spacial score (nSPS) is 10.3. The molecule has 1 amide bonds. The Bertz CT molecular complexity index is 677. The van der Waals surface area contributed by atoms with Gasteiger partial charge in [-0.3, -0.25) is 4.79 Å². The molecular weight excluding hydrogens is 342 g/mol. The average Bonchev–Trinajstić information content (AvgIpc) is 2.45. The van der Waals surface area contributed by atoms with Crippen molar-refractivity contribution in [1.29, 1.82) is 0 Å². The van der Waals surface area contributed by atoms with Gasteiger partial charge in [-0.05, 0) is 53.2 Å². The van der Waals surface area contributed by atoms with Crippen molar-refractivity contribution in [3.63, 3.8) is 0 Å². The molecule has 0 spiro atoms. The van der Waals surface area contributed by atoms with Crippen LogP contribution >= 0.6 is 15.9 Å². The minimum Gasteiger partial charge on any atom is -0.382 e. The highest BCUT2D eigenvalue weighted by Crippen LogP contribution is 2.23. The van der Waals surface area contributed by atoms with Crippen molar-refractivity contribution in [3.05, 3.63) is 58.1 Å². The lowest BCUT2D eigenvalue weighted by Crippen LogP contribution is -2.16. The number of halogens is 3. The van der Waals surface area contributed by atoms with Crippen LogP contribution < -0.4 is 10.6 Å². The van der Waals surface area contributed by atoms with Gasteiger partial charge in [0, 0.05) is 12.2 Å². The zero-order valence-electron chi connectivity index (χ0n) is 11.2. The van der Waals surface area contributed by atoms with Crippen molar-refractivity contribution in [2.24, 2.45) is 0 Å². The number of hydrogen-bond acceptors (Lipinski definition) is 2. The van der Waals surface area contributed by atoms with E-state index in [1.54, 1.807) is 13.0 Å². The number of benzene rings is 2. The number of hydrogen-bond donors (Lipinski definition) is 2. The van der Waals surface area contributed by atoms with Gasteiger partial charge in [0.05, 0.1) is 15.7 Å². The molecule has 110 valence electrons. The van der Waals surface area contributed by atoms with E-state index in [1.165, 1.54) is 30.3 Å². The van der Waals surface area contributed by atoms with E-state index in [9.17, 15) is 13.6 Å². The predicted molar refractivity (Wildman–Crippen MR) is 82.6 cm³/mol. The van der Waals surface area contributed by atoms with E-state index in [0.717, 1.165) is 0 Å². The number of nitrogens with one attached hydrogen (secondary N) is 2. The maximum Gasteiger partial charge on any atom is 0.257 e. The van der Waals surface area contributed by atoms with Gasteiger partial charge in [-0.25, -0.2) is 8.78 Å². The van der Waals surface area contributed by atoms with Gasteiger partial charge in [0.15, 0.2) is 0 Å². The van der Waals surface area contributed by atoms with Crippen molar-refractivity contribution in [3.8, 4) is 0 Å². The third kappa shape index (κ3) is 3.58. The summed E-state index contributed by atoms with van der Waals surface area (Å²) < 4.78 is 27.5. The number of amides is 1. The Kier molecular flexibility index (Phi) is 4.90. The second-order valence-corrected chi connectivity index (χ2v) is 5.13. The quantitative estimate of drug-likeness (QED) is 0.853. The maximum absolute atomic E-state index is 13.7. The van der Waals surface area contributed by atoms with Crippen LogP contribution in [0.2, 0.25) is 0 Å². The molecule has 0 saturated carbocycles. The smallest absolute Gasteiger partial charge is 0.257 e. The fraction of sp³-hybridized carbons (Fsp3) is 0.133. The molecule has 21 heavy (non-hydrogen) atoms. The van der Waals surface area contributed by atoms with E-state index in [-0.39, 0.29) is 11.3 Å². The first-order valence-corrected chi connectivity index (χ1v) is 7.11. The molecule has 2 N–H and O–H groups in total. The molecular formula is C15H13BrF2N2O. The van der Waals surface area contributed by atoms with Gasteiger partial charge in [-0.1, -0.05) is 6.07 Å². The maximum atomic E-state index is 13.7. The molecule has 0 fully saturated rings. The van der Waals surface area contributed by atoms with Crippen LogP contribution in [0.5, 0.6) is 0 Å². The molecule has 0 saturated heterocycles. The summed E-state index contributed by atoms with van der Waals surface area (Å²) in [5.41, 5.74) is 0.600. The Hall–Kier alpha value is -1.95. The van der Waals surface area contributed by atoms with Crippen LogP contribution in [0.4, 0.5) is 20.2 Å². The zero-order chi connectivity index (χ0) is 15.4. The molecule has 0 heterocycles. The van der Waals surface area contributed by atoms with Gasteiger partial charge in [0.2, 0.25) is 0 Å². The van der Waals surface area contributed by atoms with E-state index >= 15 is 0 Å². The lowest BCUT2D eigenvalue weighted by Gasteiger charge is -2.12. The highest BCUT2D eigenvalue weighted by Gasteiger charge is 2.15. The van der Waals surface area contributed by atoms with Crippen molar-refractivity contribution < 1.29 is 13.6 Å². The second kappa shape index (κ2) is 6.67. The summed E-state index contributed by atoms with van der Waals surface area (Å²) in [6.07, 6.45) is 0. The van der Waals surface area contributed by atoms with Crippen LogP contribution in [0.15, 0.2) is 40.9 Å². The molecule has 6 heteroatoms. The second-order valence-electron chi connectivity index (χ2n) is 4.28. The van der Waals surface area contributed by atoms with Gasteiger partial charge >= 0.3 is 0 Å². The summed E-state index contributed by atoms with van der Waals surface area (Å²) in [4.78, 5) is 12.2. The Morgan fingerprint density at radius 2 is 1.95 bits per heavy atom. The first-order valence-electron chi connectivity index (χ1n) is 6.31. The van der Waals surface area contributed by atoms with Gasteiger partial charge in [0.1, 0.15) is 11.6 Å². The minimum atomic E-state index is -0.508. The molecule has 0 radical (unpaired) electrons. The Morgan fingerprint density at radius 1 is 1.19 bits per heavy atom. The summed E-state index contributed by atoms with van der Waals surface area (Å²) >= 11 is 3.03. The number of rotatable bonds is 4. The Labute approximate surface area is 129 Å². The minimum absolute atomic E-state index is 0.134. The fourth-order valence-corrected chi connectivity index (χ4v) is 2.09. The highest BCUT2D eigenvalue weighted by molar-refractivity contribution is 9.10. The van der Waals surface area contributed by atoms with Crippen molar-refractivity contribution in [2.45, 2.75) is 6.92 Å². The molecule has 2 aromatic carbocycles. The van der Waals surface area contributed by atoms with E-state index in [4.69, 9.17) is 0 Å². The number of carbonyl (C=O) groups is 1. The summed E-state index contributed by atoms with van der Waals surface area (Å²) in [7, 11) is 0. The molecule has 0 aromatic heterocycles. The average molecular weight is 355 g/mol. The van der Waals surface area contributed by atoms with Gasteiger partial charge in [-0.15, -0.1) is 0 Å². The zero-order valence-corrected chi connectivity index (χ0v) is 12.8. The van der Waals surface area contributed by atoms with Crippen LogP contribution in [0.1, 0.15) is 17.3 Å². The van der Waals surface area contributed by atoms with Crippen molar-refractivity contribution in [1.82, 2.24) is 0 Å². The standard InChI is InChI=1S/C15H13BrF2N2O/c1-2-19-14-10(4-3-5-12(14)17)15(21)20-9-6-7-11(16)13(18)8-9/h3-8,19H,2H2,1H3,(H,20,21). The van der Waals surface area contributed by atoms with Crippen LogP contribution in [0.25, 0.3) is 0 Å². The van der Waals surface area contributed by atoms with Gasteiger partial charge in [0.25, 0.3) is 5.91 Å². The molecule has 0 aliphatic carbocycles. The molecule has 0 bridgehead atoms. The van der Waals surface area contributed by atoms with Crippen LogP contribution in [0.3, 0.4) is 0 Å². The fourth-order valence-electron chi connectivity index (χ4n) is 1.84. The Morgan fingerprint density at radius 3 is 2.62 bits per heavy atom. The van der Waals surface area contributed by atoms with Crippen LogP contribution in [-0.2, 0) is 0 Å². The summed E-state index contributed by atoms with van der Waals surface area (Å²) in [5.74, 6) is -1.50. The molecule has 0 atom stereocenters. The van der Waals surface area contributed by atoms with E-state index in [1.807, 2.05) is 0 Å². The molecule has 0 aliphatic rings. The monoisotopic (exact) mass is 354 g/mol. The molecule has 2 rings (SSSR count). The number of carbonyl (C=O) groups excluding carboxylic acids is 1. The third-order valence-corrected chi connectivity index (χ3v) is 3.43. The van der Waals surface area contributed by atoms with E-state index in [2.05, 4.69) is 26.6 Å². The molecule has 0 unspecified atom stereocenters. The van der Waals surface area contributed by atoms with Crippen molar-refractivity contribution in [2.75, 3.05) is 17.2 Å². The van der Waals surface area contributed by atoms with E-state index in [0.29, 0.717) is 16.7 Å². The number of anilines is 2. The summed E-state index contributed by atoms with van der Waals surface area (Å²) in [5, 5.41) is 5.36. The first-order chi connectivity index (χ1) is 10.0. The summed E-state index contributed by atoms with van der Waals surface area (Å²) in [6.45, 7) is 2.28. The van der Waals surface area contributed by atoms with Gasteiger partial charge < -0.3 is 10.6 Å². The summed E-state index contributed by atoms with van der Waals surface area (Å²) in [6, 6.07) is 8.46. The third-order valence-electron chi connectivity index (χ3n) is 2.79. The predicted octanol–water partition coefficient (Wildman–Crippen LogP) is 4.41. The van der Waals surface area contributed by atoms with Crippen LogP contribution in [-0.4, -0.2) is 12.5 Å². The molecule has 2 aromatic rings. The highest BCUT2D eigenvalue weighted by atomic mass is 79.9. The lowest BCUT2D eigenvalue weighted by molar-refractivity contribution is 0.102. The topological polar surface area (TPSA) is 41.1 Å². The molecule has 3 nitrogen and oxygen atoms in total. The van der Waals surface area contributed by atoms with Gasteiger partial charge in [-0.2, -0.15) is 0 Å². The first kappa shape index (κ1) is 15.4. The van der Waals surface area contributed by atoms with E-state index < -0.39 is 17.5 Å². The molecule has 0 aliphatic heterocycles. The Balaban J connectivity index is 2.28. The lowest BCUT2D eigenvalue weighted by atomic mass is 10.1. The largest absolute Gasteiger partial charge is 0.382 e. The van der Waals surface area contributed by atoms with Crippen molar-refractivity contribution >= 4 is 33.2 Å².